The molecule has 0 bridgehead atoms. The third-order valence-corrected chi connectivity index (χ3v) is 5.34. The topological polar surface area (TPSA) is 123 Å². The quantitative estimate of drug-likeness (QED) is 0.464. The molecule has 2 heterocycles. The molecule has 10 heteroatoms. The molecule has 2 N–H and O–H groups in total. The average Bonchev–Trinajstić information content (AvgIpc) is 3.51. The summed E-state index contributed by atoms with van der Waals surface area (Å²) >= 11 is 0. The number of amides is 2. The number of methoxy groups -OCH3 is 1. The number of rotatable bonds is 8. The van der Waals surface area contributed by atoms with Crippen LogP contribution in [0.4, 0.5) is 0 Å². The molecule has 1 saturated heterocycles. The first-order chi connectivity index (χ1) is 15.6. The molecule has 172 valence electrons. The number of carboxylic acid groups (broad SMARTS) is 1. The summed E-state index contributed by atoms with van der Waals surface area (Å²) in [7, 11) is 1.61. The van der Waals surface area contributed by atoms with Crippen molar-refractivity contribution in [3.63, 3.8) is 0 Å². The summed E-state index contributed by atoms with van der Waals surface area (Å²) in [5.41, 5.74) is 0.877. The molecule has 2 amide bonds. The van der Waals surface area contributed by atoms with Gasteiger partial charge in [-0.2, -0.15) is 5.10 Å². The second kappa shape index (κ2) is 11.3. The lowest BCUT2D eigenvalue weighted by molar-refractivity contribution is -0.165. The summed E-state index contributed by atoms with van der Waals surface area (Å²) < 4.78 is 12.8. The van der Waals surface area contributed by atoms with Gasteiger partial charge in [-0.1, -0.05) is 12.1 Å². The summed E-state index contributed by atoms with van der Waals surface area (Å²) in [6.45, 7) is 0.938. The summed E-state index contributed by atoms with van der Waals surface area (Å²) in [5.74, 6) is 0.481. The molecule has 0 spiro atoms. The van der Waals surface area contributed by atoms with Gasteiger partial charge in [-0.05, 0) is 43.0 Å². The number of carbonyl (C=O) groups excluding carboxylic acids is 2. The Kier molecular flexibility index (Phi) is 8.20. The van der Waals surface area contributed by atoms with Gasteiger partial charge in [-0.25, -0.2) is 0 Å². The normalized spacial score (nSPS) is 20.2. The number of aryl methyl sites for hydroxylation is 1. The van der Waals surface area contributed by atoms with E-state index in [1.54, 1.807) is 13.3 Å². The number of morpholine rings is 1. The lowest BCUT2D eigenvalue weighted by atomic mass is 9.96. The highest BCUT2D eigenvalue weighted by molar-refractivity contribution is 5.86. The lowest BCUT2D eigenvalue weighted by Gasteiger charge is -2.40. The summed E-state index contributed by atoms with van der Waals surface area (Å²) in [4.78, 5) is 35.7. The van der Waals surface area contributed by atoms with Crippen molar-refractivity contribution >= 4 is 18.3 Å². The molecule has 32 heavy (non-hydrogen) atoms. The van der Waals surface area contributed by atoms with Crippen molar-refractivity contribution in [2.75, 3.05) is 20.3 Å². The van der Waals surface area contributed by atoms with Crippen LogP contribution in [-0.2, 0) is 25.7 Å². The van der Waals surface area contributed by atoms with E-state index in [4.69, 9.17) is 19.4 Å². The zero-order chi connectivity index (χ0) is 22.9. The zero-order valence-corrected chi connectivity index (χ0v) is 17.9. The molecule has 10 nitrogen and oxygen atoms in total. The minimum atomic E-state index is -0.730. The number of nitrogens with zero attached hydrogens (tertiary/aromatic N) is 3. The lowest BCUT2D eigenvalue weighted by Crippen LogP contribution is -2.55. The Bertz CT molecular complexity index is 882. The maximum atomic E-state index is 12.9. The van der Waals surface area contributed by atoms with Gasteiger partial charge in [-0.3, -0.25) is 19.1 Å². The largest absolute Gasteiger partial charge is 0.497 e. The number of ether oxygens (including phenoxy) is 2. The Labute approximate surface area is 186 Å². The van der Waals surface area contributed by atoms with Crippen LogP contribution < -0.4 is 10.1 Å². The fourth-order valence-corrected chi connectivity index (χ4v) is 3.75. The van der Waals surface area contributed by atoms with E-state index in [0.29, 0.717) is 6.54 Å². The maximum Gasteiger partial charge on any atom is 0.290 e. The Morgan fingerprint density at radius 1 is 1.34 bits per heavy atom. The molecule has 1 aliphatic carbocycles. The van der Waals surface area contributed by atoms with Gasteiger partial charge in [0, 0.05) is 31.5 Å². The molecule has 2 fully saturated rings. The van der Waals surface area contributed by atoms with Crippen LogP contribution in [0.3, 0.4) is 0 Å². The third kappa shape index (κ3) is 5.85. The van der Waals surface area contributed by atoms with Crippen LogP contribution in [0.25, 0.3) is 0 Å². The highest BCUT2D eigenvalue weighted by Crippen LogP contribution is 2.39. The van der Waals surface area contributed by atoms with Crippen LogP contribution in [0.1, 0.15) is 30.9 Å². The molecule has 1 aliphatic heterocycles. The van der Waals surface area contributed by atoms with Gasteiger partial charge in [0.25, 0.3) is 12.4 Å². The minimum absolute atomic E-state index is 0.0592. The maximum absolute atomic E-state index is 12.9. The Balaban J connectivity index is 0.000000913. The Hall–Kier alpha value is -3.40. The highest BCUT2D eigenvalue weighted by Gasteiger charge is 2.47. The van der Waals surface area contributed by atoms with E-state index in [2.05, 4.69) is 10.4 Å². The van der Waals surface area contributed by atoms with Crippen molar-refractivity contribution in [2.45, 2.75) is 44.0 Å². The van der Waals surface area contributed by atoms with Crippen LogP contribution in [0.2, 0.25) is 0 Å². The first-order valence-electron chi connectivity index (χ1n) is 10.5. The molecule has 4 rings (SSSR count). The fraction of sp³-hybridized carbons (Fsp3) is 0.455. The van der Waals surface area contributed by atoms with Gasteiger partial charge in [0.2, 0.25) is 5.91 Å². The standard InChI is InChI=1S/C21H26N4O4.CH2O2/c1-28-17-8-4-15(5-9-17)19-20(29-14-18(26)25(19)16-6-7-16)21(27)22-10-2-12-24-13-3-11-23-24;2-1-3/h3-5,8-9,11,13,16,19-20H,2,6-7,10,12,14H2,1H3,(H,22,27);1H,(H,2,3)/t19-,20+;/m1./s1. The molecule has 2 aromatic rings. The van der Waals surface area contributed by atoms with Crippen molar-refractivity contribution in [3.8, 4) is 5.75 Å². The van der Waals surface area contributed by atoms with Gasteiger partial charge in [0.1, 0.15) is 12.4 Å². The Morgan fingerprint density at radius 2 is 2.06 bits per heavy atom. The van der Waals surface area contributed by atoms with E-state index < -0.39 is 12.1 Å². The molecule has 1 saturated carbocycles. The van der Waals surface area contributed by atoms with Gasteiger partial charge < -0.3 is 24.8 Å². The monoisotopic (exact) mass is 444 g/mol. The molecular formula is C22H28N4O6. The van der Waals surface area contributed by atoms with E-state index in [0.717, 1.165) is 37.1 Å². The molecular weight excluding hydrogens is 416 g/mol. The van der Waals surface area contributed by atoms with E-state index >= 15 is 0 Å². The van der Waals surface area contributed by atoms with Crippen LogP contribution in [-0.4, -0.2) is 70.5 Å². The van der Waals surface area contributed by atoms with Crippen LogP contribution >= 0.6 is 0 Å². The molecule has 2 aliphatic rings. The SMILES string of the molecule is COc1ccc([C@@H]2[C@@H](C(=O)NCCCn3cccn3)OCC(=O)N2C2CC2)cc1.O=CO. The van der Waals surface area contributed by atoms with Crippen molar-refractivity contribution in [3.05, 3.63) is 48.3 Å². The van der Waals surface area contributed by atoms with Gasteiger partial charge in [0.05, 0.1) is 13.2 Å². The smallest absolute Gasteiger partial charge is 0.290 e. The van der Waals surface area contributed by atoms with Crippen molar-refractivity contribution in [1.82, 2.24) is 20.0 Å². The van der Waals surface area contributed by atoms with Gasteiger partial charge >= 0.3 is 0 Å². The molecule has 0 radical (unpaired) electrons. The highest BCUT2D eigenvalue weighted by atomic mass is 16.5. The number of carbonyl (C=O) groups is 3. The number of aromatic nitrogens is 2. The van der Waals surface area contributed by atoms with Crippen molar-refractivity contribution < 1.29 is 29.0 Å². The molecule has 0 unspecified atom stereocenters. The predicted octanol–water partition coefficient (Wildman–Crippen LogP) is 1.23. The first-order valence-corrected chi connectivity index (χ1v) is 10.5. The second-order valence-electron chi connectivity index (χ2n) is 7.50. The summed E-state index contributed by atoms with van der Waals surface area (Å²) in [6.07, 6.45) is 5.60. The zero-order valence-electron chi connectivity index (χ0n) is 17.9. The van der Waals surface area contributed by atoms with Gasteiger partial charge in [-0.15, -0.1) is 0 Å². The van der Waals surface area contributed by atoms with Crippen LogP contribution in [0.15, 0.2) is 42.7 Å². The van der Waals surface area contributed by atoms with E-state index in [-0.39, 0.29) is 30.9 Å². The van der Waals surface area contributed by atoms with E-state index in [9.17, 15) is 9.59 Å². The number of benzene rings is 1. The minimum Gasteiger partial charge on any atom is -0.497 e. The molecule has 2 atom stereocenters. The van der Waals surface area contributed by atoms with E-state index in [1.165, 1.54) is 0 Å². The van der Waals surface area contributed by atoms with Crippen molar-refractivity contribution in [1.29, 1.82) is 0 Å². The predicted molar refractivity (Wildman–Crippen MR) is 114 cm³/mol. The fourth-order valence-electron chi connectivity index (χ4n) is 3.75. The molecule has 1 aromatic heterocycles. The molecule has 1 aromatic carbocycles. The first kappa shape index (κ1) is 23.3. The number of nitrogens with one attached hydrogen (secondary N) is 1. The summed E-state index contributed by atoms with van der Waals surface area (Å²) in [5, 5.41) is 14.0. The Morgan fingerprint density at radius 3 is 2.66 bits per heavy atom. The summed E-state index contributed by atoms with van der Waals surface area (Å²) in [6, 6.07) is 9.13. The number of hydrogen-bond donors (Lipinski definition) is 2. The van der Waals surface area contributed by atoms with Gasteiger partial charge in [0.15, 0.2) is 6.10 Å². The number of hydrogen-bond acceptors (Lipinski definition) is 6. The van der Waals surface area contributed by atoms with Crippen molar-refractivity contribution in [2.24, 2.45) is 0 Å². The average molecular weight is 444 g/mol. The van der Waals surface area contributed by atoms with E-state index in [1.807, 2.05) is 46.1 Å². The van der Waals surface area contributed by atoms with Crippen LogP contribution in [0, 0.1) is 0 Å². The third-order valence-electron chi connectivity index (χ3n) is 5.34. The second-order valence-corrected chi connectivity index (χ2v) is 7.50. The van der Waals surface area contributed by atoms with Crippen LogP contribution in [0.5, 0.6) is 5.75 Å².